The van der Waals surface area contributed by atoms with Crippen molar-refractivity contribution < 1.29 is 37.3 Å². The van der Waals surface area contributed by atoms with Crippen molar-refractivity contribution in [3.8, 4) is 0 Å². The first-order valence-corrected chi connectivity index (χ1v) is 5.61. The number of halogens is 5. The minimum Gasteiger partial charge on any atom is -0.394 e. The van der Waals surface area contributed by atoms with E-state index in [1.165, 1.54) is 9.24 Å². The van der Waals surface area contributed by atoms with Crippen LogP contribution in [0.4, 0.5) is 22.0 Å². The third-order valence-corrected chi connectivity index (χ3v) is 2.70. The van der Waals surface area contributed by atoms with Crippen LogP contribution in [0.1, 0.15) is 0 Å². The predicted molar refractivity (Wildman–Crippen MR) is 63.8 cm³/mol. The summed E-state index contributed by atoms with van der Waals surface area (Å²) in [5.41, 5.74) is 3.94. The number of aliphatic hydroxyl groups is 3. The van der Waals surface area contributed by atoms with Crippen molar-refractivity contribution in [1.82, 2.24) is 0 Å². The molecule has 0 aliphatic rings. The minimum absolute atomic E-state index is 0.403. The molecule has 10 heteroatoms. The molecule has 20 heavy (non-hydrogen) atoms. The molecule has 0 aromatic heterocycles. The molecule has 1 atom stereocenters. The molecule has 0 radical (unpaired) electrons. The number of rotatable bonds is 3. The van der Waals surface area contributed by atoms with E-state index in [0.29, 0.717) is 0 Å². The molecule has 0 amide bonds. The monoisotopic (exact) mass is 321 g/mol. The Morgan fingerprint density at radius 1 is 0.750 bits per heavy atom. The Labute approximate surface area is 113 Å². The smallest absolute Gasteiger partial charge is 0.200 e. The molecule has 0 aliphatic carbocycles. The maximum Gasteiger partial charge on any atom is 0.200 e. The van der Waals surface area contributed by atoms with Crippen LogP contribution in [0.15, 0.2) is 0 Å². The minimum atomic E-state index is -2.14. The Kier molecular flexibility index (Phi) is 7.46. The van der Waals surface area contributed by atoms with E-state index in [1.807, 2.05) is 0 Å². The van der Waals surface area contributed by atoms with Crippen LogP contribution in [0.3, 0.4) is 0 Å². The molecule has 0 aliphatic heterocycles. The average Bonchev–Trinajstić information content (AvgIpc) is 2.48. The van der Waals surface area contributed by atoms with Crippen LogP contribution in [0.25, 0.3) is 0 Å². The highest BCUT2D eigenvalue weighted by atomic mass is 31.0. The summed E-state index contributed by atoms with van der Waals surface area (Å²) < 4.78 is 61.5. The van der Waals surface area contributed by atoms with Gasteiger partial charge in [-0.15, -0.1) is 0 Å². The Hall–Kier alpha value is -0.860. The van der Waals surface area contributed by atoms with Gasteiger partial charge in [-0.3, -0.25) is 0 Å². The van der Waals surface area contributed by atoms with Crippen molar-refractivity contribution in [2.24, 2.45) is 5.73 Å². The Bertz CT molecular complexity index is 357. The molecule has 116 valence electrons. The lowest BCUT2D eigenvalue weighted by Gasteiger charge is -2.20. The molecule has 4 nitrogen and oxygen atoms in total. The quantitative estimate of drug-likeness (QED) is 0.263. The van der Waals surface area contributed by atoms with E-state index < -0.39 is 59.8 Å². The highest BCUT2D eigenvalue weighted by molar-refractivity contribution is 7.27. The van der Waals surface area contributed by atoms with Gasteiger partial charge in [0.25, 0.3) is 0 Å². The lowest BCUT2D eigenvalue weighted by molar-refractivity contribution is 0.0698. The zero-order valence-electron chi connectivity index (χ0n) is 10.0. The van der Waals surface area contributed by atoms with Gasteiger partial charge in [-0.05, 0) is 0 Å². The van der Waals surface area contributed by atoms with Gasteiger partial charge >= 0.3 is 0 Å². The number of nitrogens with two attached hydrogens (primary N) is 1. The second-order valence-corrected chi connectivity index (χ2v) is 4.40. The van der Waals surface area contributed by atoms with E-state index in [0.717, 1.165) is 0 Å². The van der Waals surface area contributed by atoms with E-state index in [2.05, 4.69) is 0 Å². The van der Waals surface area contributed by atoms with Crippen molar-refractivity contribution >= 4 is 14.5 Å². The molecule has 0 spiro atoms. The van der Waals surface area contributed by atoms with Gasteiger partial charge in [-0.2, -0.15) is 0 Å². The molecular formula is C10H13F5NO3P. The molecule has 1 aromatic carbocycles. The molecule has 0 saturated heterocycles. The van der Waals surface area contributed by atoms with Crippen LogP contribution in [-0.2, 0) is 0 Å². The number of hydrogen-bond acceptors (Lipinski definition) is 4. The van der Waals surface area contributed by atoms with Crippen LogP contribution in [-0.4, -0.2) is 40.7 Å². The third kappa shape index (κ3) is 4.32. The molecule has 1 unspecified atom stereocenters. The van der Waals surface area contributed by atoms with Crippen LogP contribution in [0.2, 0.25) is 0 Å². The molecule has 0 bridgehead atoms. The predicted octanol–water partition coefficient (Wildman–Crippen LogP) is -0.457. The SMILES string of the molecule is Fc1c(F)c(F)c(P)c(F)c1F.NC(CO)(CO)CO. The van der Waals surface area contributed by atoms with E-state index in [4.69, 9.17) is 21.1 Å². The zero-order valence-corrected chi connectivity index (χ0v) is 11.2. The van der Waals surface area contributed by atoms with Gasteiger partial charge in [0.05, 0.1) is 25.4 Å². The van der Waals surface area contributed by atoms with Crippen LogP contribution in [0.5, 0.6) is 0 Å². The Morgan fingerprint density at radius 2 is 1.00 bits per heavy atom. The summed E-state index contributed by atoms with van der Waals surface area (Å²) in [7, 11) is 1.44. The first-order chi connectivity index (χ1) is 9.15. The standard InChI is InChI=1S/C6H2F5P.C4H11NO3/c7-1-2(8)4(10)6(12)5(11)3(1)9;5-4(1-6,2-7)3-8/h12H2;6-8H,1-3,5H2. The van der Waals surface area contributed by atoms with Gasteiger partial charge < -0.3 is 21.1 Å². The first kappa shape index (κ1) is 19.1. The summed E-state index contributed by atoms with van der Waals surface area (Å²) in [5.74, 6) is -9.65. The molecule has 1 rings (SSSR count). The van der Waals surface area contributed by atoms with E-state index in [9.17, 15) is 22.0 Å². The van der Waals surface area contributed by atoms with Gasteiger partial charge in [0.15, 0.2) is 23.3 Å². The Balaban J connectivity index is 0.000000396. The maximum absolute atomic E-state index is 12.4. The second-order valence-electron chi connectivity index (χ2n) is 3.82. The fraction of sp³-hybridized carbons (Fsp3) is 0.400. The molecular weight excluding hydrogens is 308 g/mol. The highest BCUT2D eigenvalue weighted by Crippen LogP contribution is 2.17. The highest BCUT2D eigenvalue weighted by Gasteiger charge is 2.23. The van der Waals surface area contributed by atoms with Gasteiger partial charge in [-0.25, -0.2) is 22.0 Å². The molecule has 0 heterocycles. The third-order valence-electron chi connectivity index (χ3n) is 2.19. The number of hydrogen-bond donors (Lipinski definition) is 4. The largest absolute Gasteiger partial charge is 0.394 e. The van der Waals surface area contributed by atoms with Gasteiger partial charge in [0.1, 0.15) is 0 Å². The van der Waals surface area contributed by atoms with Crippen molar-refractivity contribution in [2.45, 2.75) is 5.54 Å². The lowest BCUT2D eigenvalue weighted by Crippen LogP contribution is -2.50. The number of aliphatic hydroxyl groups excluding tert-OH is 3. The summed E-state index contributed by atoms with van der Waals surface area (Å²) in [4.78, 5) is 0. The summed E-state index contributed by atoms with van der Waals surface area (Å²) in [6, 6.07) is 0. The fourth-order valence-corrected chi connectivity index (χ4v) is 1.03. The summed E-state index contributed by atoms with van der Waals surface area (Å²) in [6.45, 7) is -1.21. The fourth-order valence-electron chi connectivity index (χ4n) is 0.772. The van der Waals surface area contributed by atoms with Crippen LogP contribution < -0.4 is 11.0 Å². The second kappa shape index (κ2) is 7.80. The van der Waals surface area contributed by atoms with E-state index >= 15 is 0 Å². The zero-order chi connectivity index (χ0) is 16.1. The molecule has 5 N–H and O–H groups in total. The van der Waals surface area contributed by atoms with Crippen molar-refractivity contribution in [3.63, 3.8) is 0 Å². The summed E-state index contributed by atoms with van der Waals surface area (Å²) in [6.07, 6.45) is 0. The van der Waals surface area contributed by atoms with E-state index in [-0.39, 0.29) is 0 Å². The van der Waals surface area contributed by atoms with Crippen LogP contribution in [0, 0.1) is 29.1 Å². The molecule has 1 aromatic rings. The van der Waals surface area contributed by atoms with Crippen molar-refractivity contribution in [1.29, 1.82) is 0 Å². The molecule has 0 fully saturated rings. The normalized spacial score (nSPS) is 11.1. The summed E-state index contributed by atoms with van der Waals surface area (Å²) >= 11 is 0. The van der Waals surface area contributed by atoms with Crippen LogP contribution >= 0.6 is 9.24 Å². The van der Waals surface area contributed by atoms with Gasteiger partial charge in [-0.1, -0.05) is 9.24 Å². The maximum atomic E-state index is 12.4. The Morgan fingerprint density at radius 3 is 1.20 bits per heavy atom. The average molecular weight is 321 g/mol. The van der Waals surface area contributed by atoms with Crippen molar-refractivity contribution in [3.05, 3.63) is 29.1 Å². The summed E-state index contributed by atoms with van der Waals surface area (Å²) in [5, 5.41) is 24.1. The van der Waals surface area contributed by atoms with Crippen molar-refractivity contribution in [2.75, 3.05) is 19.8 Å². The first-order valence-electron chi connectivity index (χ1n) is 5.03. The van der Waals surface area contributed by atoms with Gasteiger partial charge in [0.2, 0.25) is 5.82 Å². The van der Waals surface area contributed by atoms with E-state index in [1.54, 1.807) is 0 Å². The van der Waals surface area contributed by atoms with Gasteiger partial charge in [0, 0.05) is 5.30 Å². The number of benzene rings is 1. The lowest BCUT2D eigenvalue weighted by atomic mass is 10.1. The topological polar surface area (TPSA) is 86.7 Å². The molecule has 0 saturated carbocycles.